The van der Waals surface area contributed by atoms with Gasteiger partial charge in [0.1, 0.15) is 0 Å². The molecular weight excluding hydrogens is 115 g/mol. The fourth-order valence-corrected chi connectivity index (χ4v) is 0. The van der Waals surface area contributed by atoms with Crippen molar-refractivity contribution in [1.29, 1.82) is 0 Å². The second-order valence-electron chi connectivity index (χ2n) is 0. The van der Waals surface area contributed by atoms with Crippen LogP contribution in [-0.2, 0) is 0 Å². The maximum absolute atomic E-state index is 0. The number of halogens is 1. The average molecular weight is 121 g/mol. The molecule has 1 nitrogen and oxygen atoms in total. The first-order valence-electron chi connectivity index (χ1n) is 0. The van der Waals surface area contributed by atoms with Gasteiger partial charge in [0.25, 0.3) is 0 Å². The fraction of sp³-hybridized carbons (Fsp3) is 0. The van der Waals surface area contributed by atoms with Crippen LogP contribution >= 0.6 is 12.4 Å². The van der Waals surface area contributed by atoms with Crippen LogP contribution in [0.2, 0.25) is 0 Å². The van der Waals surface area contributed by atoms with E-state index in [-0.39, 0.29) is 96.6 Å². The van der Waals surface area contributed by atoms with Crippen LogP contribution in [0.1, 0.15) is 4.28 Å². The number of rotatable bonds is 0. The second-order valence-corrected chi connectivity index (χ2v) is 0. The molecule has 0 aromatic rings. The molecule has 0 aliphatic carbocycles. The van der Waals surface area contributed by atoms with E-state index in [0.29, 0.717) is 0 Å². The molecule has 0 saturated carbocycles. The van der Waals surface area contributed by atoms with Gasteiger partial charge in [0.05, 0.1) is 0 Å². The van der Waals surface area contributed by atoms with Gasteiger partial charge in [0, 0.05) is 0 Å². The average Bonchev–Trinajstić information content (AvgIpc) is 0. The van der Waals surface area contributed by atoms with E-state index < -0.39 is 0 Å². The van der Waals surface area contributed by atoms with Crippen molar-refractivity contribution >= 4 is 35.5 Å². The third-order valence-electron chi connectivity index (χ3n) is 0. The summed E-state index contributed by atoms with van der Waals surface area (Å²) in [4.78, 5) is 0. The quantitative estimate of drug-likeness (QED) is 0.298. The van der Waals surface area contributed by atoms with E-state index in [0.717, 1.165) is 0 Å². The van der Waals surface area contributed by atoms with Crippen LogP contribution < -0.4 is 51.4 Å². The van der Waals surface area contributed by atoms with Crippen molar-refractivity contribution in [3.63, 3.8) is 0 Å². The molecule has 0 aliphatic rings. The molecule has 0 unspecified atom stereocenters. The van der Waals surface area contributed by atoms with E-state index in [1.807, 2.05) is 0 Å². The Kier molecular flexibility index (Phi) is 131. The SMILES string of the molecule is Cl.O.[H-].[H-].[H-].[K+].[Mg+2]. The Bertz CT molecular complexity index is 14.9. The minimum Gasteiger partial charge on any atom is -1.00 e. The number of hydrogen-bond donors (Lipinski definition) is 0. The summed E-state index contributed by atoms with van der Waals surface area (Å²) in [6, 6.07) is 0. The van der Waals surface area contributed by atoms with Crippen LogP contribution in [0.25, 0.3) is 0 Å². The van der Waals surface area contributed by atoms with Gasteiger partial charge in [-0.2, -0.15) is 0 Å². The third kappa shape index (κ3) is 8.82. The zero-order chi connectivity index (χ0) is 0. The Morgan fingerprint density at radius 1 is 1.25 bits per heavy atom. The van der Waals surface area contributed by atoms with E-state index in [9.17, 15) is 0 Å². The molecule has 0 aromatic heterocycles. The second kappa shape index (κ2) is 17.4. The van der Waals surface area contributed by atoms with Crippen molar-refractivity contribution in [2.24, 2.45) is 0 Å². The Hall–Kier alpha value is 2.65. The predicted molar refractivity (Wildman–Crippen MR) is 20.0 cm³/mol. The fourth-order valence-electron chi connectivity index (χ4n) is 0. The first-order chi connectivity index (χ1) is 0. The van der Waals surface area contributed by atoms with Crippen molar-refractivity contribution in [2.75, 3.05) is 0 Å². The van der Waals surface area contributed by atoms with Gasteiger partial charge in [0.15, 0.2) is 0 Å². The predicted octanol–water partition coefficient (Wildman–Crippen LogP) is -3.44. The topological polar surface area (TPSA) is 31.5 Å². The van der Waals surface area contributed by atoms with Crippen molar-refractivity contribution in [2.45, 2.75) is 0 Å². The molecule has 4 heavy (non-hydrogen) atoms. The summed E-state index contributed by atoms with van der Waals surface area (Å²) in [6.45, 7) is 0. The molecule has 0 atom stereocenters. The molecule has 0 amide bonds. The van der Waals surface area contributed by atoms with Crippen LogP contribution in [0.5, 0.6) is 0 Å². The van der Waals surface area contributed by atoms with E-state index in [4.69, 9.17) is 0 Å². The molecule has 0 rings (SSSR count). The standard InChI is InChI=1S/ClH.K.Mg.H2O.3H/h1H;;;1H2;;;/q;+1;+2;;3*-1. The Morgan fingerprint density at radius 2 is 1.25 bits per heavy atom. The number of hydrogen-bond acceptors (Lipinski definition) is 0. The summed E-state index contributed by atoms with van der Waals surface area (Å²) in [5.41, 5.74) is 0. The van der Waals surface area contributed by atoms with Gasteiger partial charge in [0.2, 0.25) is 0 Å². The Labute approximate surface area is 94.6 Å². The van der Waals surface area contributed by atoms with Crippen molar-refractivity contribution in [3.05, 3.63) is 0 Å². The first-order valence-corrected chi connectivity index (χ1v) is 0. The van der Waals surface area contributed by atoms with Gasteiger partial charge in [-0.3, -0.25) is 0 Å². The van der Waals surface area contributed by atoms with Crippen LogP contribution in [-0.4, -0.2) is 28.5 Å². The van der Waals surface area contributed by atoms with E-state index in [2.05, 4.69) is 0 Å². The molecule has 0 fully saturated rings. The van der Waals surface area contributed by atoms with Gasteiger partial charge >= 0.3 is 74.4 Å². The van der Waals surface area contributed by atoms with E-state index in [1.165, 1.54) is 0 Å². The van der Waals surface area contributed by atoms with Gasteiger partial charge < -0.3 is 9.76 Å². The van der Waals surface area contributed by atoms with Crippen LogP contribution in [0.3, 0.4) is 0 Å². The molecule has 0 saturated heterocycles. The summed E-state index contributed by atoms with van der Waals surface area (Å²) in [6.07, 6.45) is 0. The zero-order valence-corrected chi connectivity index (χ0v) is 7.97. The molecule has 4 heteroatoms. The molecule has 0 aliphatic heterocycles. The monoisotopic (exact) mass is 120 g/mol. The largest absolute Gasteiger partial charge is 2.00 e. The molecule has 0 spiro atoms. The van der Waals surface area contributed by atoms with Crippen molar-refractivity contribution < 1.29 is 61.1 Å². The van der Waals surface area contributed by atoms with Crippen LogP contribution in [0.15, 0.2) is 0 Å². The van der Waals surface area contributed by atoms with Gasteiger partial charge in [-0.15, -0.1) is 12.4 Å². The zero-order valence-electron chi connectivity index (χ0n) is 5.62. The molecule has 0 bridgehead atoms. The summed E-state index contributed by atoms with van der Waals surface area (Å²) < 4.78 is 0. The molecule has 22 valence electrons. The summed E-state index contributed by atoms with van der Waals surface area (Å²) >= 11 is 0. The van der Waals surface area contributed by atoms with E-state index in [1.54, 1.807) is 0 Å². The summed E-state index contributed by atoms with van der Waals surface area (Å²) in [7, 11) is 0. The van der Waals surface area contributed by atoms with Gasteiger partial charge in [-0.1, -0.05) is 0 Å². The van der Waals surface area contributed by atoms with Crippen LogP contribution in [0.4, 0.5) is 0 Å². The summed E-state index contributed by atoms with van der Waals surface area (Å²) in [5.74, 6) is 0. The normalized spacial score (nSPS) is 0. The minimum atomic E-state index is 0. The first kappa shape index (κ1) is 30.2. The van der Waals surface area contributed by atoms with Crippen LogP contribution in [0, 0.1) is 0 Å². The molecular formula is H6ClKMgO. The van der Waals surface area contributed by atoms with Crippen molar-refractivity contribution in [3.8, 4) is 0 Å². The maximum Gasteiger partial charge on any atom is 2.00 e. The third-order valence-corrected chi connectivity index (χ3v) is 0. The smallest absolute Gasteiger partial charge is 1.00 e. The summed E-state index contributed by atoms with van der Waals surface area (Å²) in [5, 5.41) is 0. The molecule has 0 heterocycles. The molecule has 0 radical (unpaired) electrons. The molecule has 2 N–H and O–H groups in total. The van der Waals surface area contributed by atoms with E-state index >= 15 is 0 Å². The Morgan fingerprint density at radius 3 is 1.25 bits per heavy atom. The Balaban J connectivity index is 0. The minimum absolute atomic E-state index is 0. The van der Waals surface area contributed by atoms with Crippen molar-refractivity contribution in [1.82, 2.24) is 0 Å². The maximum atomic E-state index is 0. The van der Waals surface area contributed by atoms with Gasteiger partial charge in [-0.05, 0) is 0 Å². The van der Waals surface area contributed by atoms with Gasteiger partial charge in [-0.25, -0.2) is 0 Å². The molecule has 0 aromatic carbocycles.